The summed E-state index contributed by atoms with van der Waals surface area (Å²) < 4.78 is 4.97. The lowest BCUT2D eigenvalue weighted by Crippen LogP contribution is -2.02. The predicted molar refractivity (Wildman–Crippen MR) is 70.4 cm³/mol. The van der Waals surface area contributed by atoms with E-state index < -0.39 is 0 Å². The maximum atomic E-state index is 11.0. The summed E-state index contributed by atoms with van der Waals surface area (Å²) in [5.41, 5.74) is 1.35. The molecule has 0 heterocycles. The minimum Gasteiger partial charge on any atom is -0.461 e. The molecule has 0 radical (unpaired) electrons. The molecule has 0 aliphatic rings. The Morgan fingerprint density at radius 3 is 2.44 bits per heavy atom. The van der Waals surface area contributed by atoms with E-state index in [0.29, 0.717) is 13.0 Å². The van der Waals surface area contributed by atoms with Gasteiger partial charge < -0.3 is 4.74 Å². The highest BCUT2D eigenvalue weighted by molar-refractivity contribution is 5.69. The highest BCUT2D eigenvalue weighted by atomic mass is 16.5. The van der Waals surface area contributed by atoms with E-state index in [-0.39, 0.29) is 13.4 Å². The van der Waals surface area contributed by atoms with Gasteiger partial charge in [0.15, 0.2) is 0 Å². The quantitative estimate of drug-likeness (QED) is 0.368. The maximum absolute atomic E-state index is 11.0. The number of hydrogen-bond acceptors (Lipinski definition) is 2. The van der Waals surface area contributed by atoms with Crippen LogP contribution in [0.4, 0.5) is 0 Å². The Balaban J connectivity index is 0. The highest BCUT2D eigenvalue weighted by Gasteiger charge is 1.96. The summed E-state index contributed by atoms with van der Waals surface area (Å²) >= 11 is 0. The topological polar surface area (TPSA) is 26.3 Å². The lowest BCUT2D eigenvalue weighted by atomic mass is 10.2. The van der Waals surface area contributed by atoms with Crippen molar-refractivity contribution in [1.29, 1.82) is 0 Å². The monoisotopic (exact) mass is 226 g/mol. The summed E-state index contributed by atoms with van der Waals surface area (Å²) in [6, 6.07) is 0. The highest BCUT2D eigenvalue weighted by Crippen LogP contribution is 1.98. The van der Waals surface area contributed by atoms with Gasteiger partial charge >= 0.3 is 5.97 Å². The molecular formula is C14H26O2. The van der Waals surface area contributed by atoms with Crippen LogP contribution in [-0.2, 0) is 9.53 Å². The second kappa shape index (κ2) is 12.0. The molecule has 0 amide bonds. The molecular weight excluding hydrogens is 200 g/mol. The molecule has 0 unspecified atom stereocenters. The Labute approximate surface area is 100 Å². The molecule has 0 N–H and O–H groups in total. The first-order valence-corrected chi connectivity index (χ1v) is 5.60. The van der Waals surface area contributed by atoms with Crippen LogP contribution in [0, 0.1) is 0 Å². The van der Waals surface area contributed by atoms with Crippen LogP contribution in [0.5, 0.6) is 0 Å². The minimum absolute atomic E-state index is 0. The zero-order chi connectivity index (χ0) is 11.5. The van der Waals surface area contributed by atoms with Crippen LogP contribution < -0.4 is 0 Å². The Kier molecular flexibility index (Phi) is 13.0. The van der Waals surface area contributed by atoms with Crippen LogP contribution in [0.1, 0.15) is 53.9 Å². The van der Waals surface area contributed by atoms with Gasteiger partial charge in [0.05, 0.1) is 0 Å². The second-order valence-corrected chi connectivity index (χ2v) is 3.76. The van der Waals surface area contributed by atoms with Gasteiger partial charge in [0.25, 0.3) is 0 Å². The van der Waals surface area contributed by atoms with Crippen molar-refractivity contribution in [1.82, 2.24) is 0 Å². The summed E-state index contributed by atoms with van der Waals surface area (Å²) in [5, 5.41) is 0. The second-order valence-electron chi connectivity index (χ2n) is 3.76. The molecule has 0 spiro atoms. The number of carbonyl (C=O) groups excluding carboxylic acids is 1. The summed E-state index contributed by atoms with van der Waals surface area (Å²) in [7, 11) is 0. The van der Waals surface area contributed by atoms with Gasteiger partial charge in [-0.1, -0.05) is 38.2 Å². The van der Waals surface area contributed by atoms with E-state index in [0.717, 1.165) is 19.3 Å². The van der Waals surface area contributed by atoms with Crippen molar-refractivity contribution in [2.24, 2.45) is 0 Å². The van der Waals surface area contributed by atoms with Crippen molar-refractivity contribution < 1.29 is 9.53 Å². The number of esters is 1. The molecule has 0 aromatic heterocycles. The largest absolute Gasteiger partial charge is 0.461 e. The van der Waals surface area contributed by atoms with Crippen LogP contribution in [0.2, 0.25) is 0 Å². The standard InChI is InChI=1S/C13H22O2.CH4/c1-4-9-13(14)15-11-8-6-5-7-10-12(2)3;/h6,8,10H,4-5,7,9,11H2,1-3H3;1H4/b8-6+;. The van der Waals surface area contributed by atoms with Gasteiger partial charge in [-0.15, -0.1) is 0 Å². The third-order valence-corrected chi connectivity index (χ3v) is 1.85. The number of allylic oxidation sites excluding steroid dienone is 3. The average molecular weight is 226 g/mol. The SMILES string of the molecule is C.CCCC(=O)OC/C=C/CCC=C(C)C. The van der Waals surface area contributed by atoms with Gasteiger partial charge in [-0.3, -0.25) is 4.79 Å². The predicted octanol–water partition coefficient (Wildman–Crippen LogP) is 4.27. The van der Waals surface area contributed by atoms with Crippen molar-refractivity contribution in [2.45, 2.75) is 53.9 Å². The zero-order valence-electron chi connectivity index (χ0n) is 10.1. The lowest BCUT2D eigenvalue weighted by molar-refractivity contribution is -0.142. The number of ether oxygens (including phenoxy) is 1. The zero-order valence-corrected chi connectivity index (χ0v) is 10.1. The molecule has 16 heavy (non-hydrogen) atoms. The molecule has 0 aromatic carbocycles. The van der Waals surface area contributed by atoms with Crippen molar-refractivity contribution in [3.63, 3.8) is 0 Å². The Hall–Kier alpha value is -1.05. The number of unbranched alkanes of at least 4 members (excludes halogenated alkanes) is 1. The van der Waals surface area contributed by atoms with E-state index in [4.69, 9.17) is 4.74 Å². The van der Waals surface area contributed by atoms with Crippen LogP contribution in [0.25, 0.3) is 0 Å². The van der Waals surface area contributed by atoms with Gasteiger partial charge in [-0.25, -0.2) is 0 Å². The van der Waals surface area contributed by atoms with Crippen molar-refractivity contribution >= 4 is 5.97 Å². The molecule has 0 aliphatic carbocycles. The molecule has 0 aromatic rings. The van der Waals surface area contributed by atoms with Gasteiger partial charge in [0.2, 0.25) is 0 Å². The first-order valence-electron chi connectivity index (χ1n) is 5.60. The summed E-state index contributed by atoms with van der Waals surface area (Å²) in [5.74, 6) is -0.105. The number of hydrogen-bond donors (Lipinski definition) is 0. The summed E-state index contributed by atoms with van der Waals surface area (Å²) in [6.07, 6.45) is 9.60. The van der Waals surface area contributed by atoms with Crippen LogP contribution in [0.15, 0.2) is 23.8 Å². The van der Waals surface area contributed by atoms with Gasteiger partial charge in [-0.05, 0) is 33.1 Å². The van der Waals surface area contributed by atoms with Gasteiger partial charge in [0, 0.05) is 6.42 Å². The smallest absolute Gasteiger partial charge is 0.306 e. The van der Waals surface area contributed by atoms with E-state index in [2.05, 4.69) is 26.0 Å². The molecule has 94 valence electrons. The van der Waals surface area contributed by atoms with Crippen LogP contribution >= 0.6 is 0 Å². The Bertz CT molecular complexity index is 223. The normalized spacial score (nSPS) is 9.69. The van der Waals surface area contributed by atoms with Crippen molar-refractivity contribution in [3.05, 3.63) is 23.8 Å². The molecule has 0 aliphatic heterocycles. The molecule has 0 saturated carbocycles. The fourth-order valence-electron chi connectivity index (χ4n) is 1.07. The van der Waals surface area contributed by atoms with Crippen LogP contribution in [-0.4, -0.2) is 12.6 Å². The number of carbonyl (C=O) groups is 1. The van der Waals surface area contributed by atoms with Crippen LogP contribution in [0.3, 0.4) is 0 Å². The van der Waals surface area contributed by atoms with Crippen molar-refractivity contribution in [3.8, 4) is 0 Å². The Morgan fingerprint density at radius 1 is 1.19 bits per heavy atom. The first kappa shape index (κ1) is 17.3. The van der Waals surface area contributed by atoms with E-state index in [1.807, 2.05) is 13.0 Å². The number of rotatable bonds is 7. The third-order valence-electron chi connectivity index (χ3n) is 1.85. The summed E-state index contributed by atoms with van der Waals surface area (Å²) in [4.78, 5) is 11.0. The molecule has 0 bridgehead atoms. The molecule has 2 nitrogen and oxygen atoms in total. The minimum atomic E-state index is -0.105. The van der Waals surface area contributed by atoms with Gasteiger partial charge in [-0.2, -0.15) is 0 Å². The lowest BCUT2D eigenvalue weighted by Gasteiger charge is -1.98. The first-order chi connectivity index (χ1) is 7.16. The van der Waals surface area contributed by atoms with E-state index in [1.54, 1.807) is 0 Å². The molecule has 2 heteroatoms. The fourth-order valence-corrected chi connectivity index (χ4v) is 1.07. The average Bonchev–Trinajstić information content (AvgIpc) is 2.16. The summed E-state index contributed by atoms with van der Waals surface area (Å²) in [6.45, 7) is 6.57. The molecule has 0 saturated heterocycles. The van der Waals surface area contributed by atoms with E-state index >= 15 is 0 Å². The maximum Gasteiger partial charge on any atom is 0.306 e. The van der Waals surface area contributed by atoms with E-state index in [9.17, 15) is 4.79 Å². The molecule has 0 atom stereocenters. The molecule has 0 rings (SSSR count). The Morgan fingerprint density at radius 2 is 1.88 bits per heavy atom. The van der Waals surface area contributed by atoms with Crippen molar-refractivity contribution in [2.75, 3.05) is 6.61 Å². The third kappa shape index (κ3) is 12.9. The molecule has 0 fully saturated rings. The fraction of sp³-hybridized carbons (Fsp3) is 0.643. The van der Waals surface area contributed by atoms with E-state index in [1.165, 1.54) is 5.57 Å². The van der Waals surface area contributed by atoms with Gasteiger partial charge in [0.1, 0.15) is 6.61 Å².